The second-order valence-electron chi connectivity index (χ2n) is 7.78. The molecule has 2 N–H and O–H groups in total. The smallest absolute Gasteiger partial charge is 0.432 e. The Kier molecular flexibility index (Phi) is 5.20. The van der Waals surface area contributed by atoms with Crippen molar-refractivity contribution in [3.05, 3.63) is 54.0 Å². The van der Waals surface area contributed by atoms with Gasteiger partial charge in [-0.1, -0.05) is 6.42 Å². The van der Waals surface area contributed by atoms with Gasteiger partial charge in [-0.15, -0.1) is 0 Å². The fraction of sp³-hybridized carbons (Fsp3) is 0.318. The summed E-state index contributed by atoms with van der Waals surface area (Å²) in [6, 6.07) is 8.77. The fourth-order valence-corrected chi connectivity index (χ4v) is 3.56. The number of halogens is 3. The third kappa shape index (κ3) is 4.12. The molecule has 6 nitrogen and oxygen atoms in total. The first kappa shape index (κ1) is 20.9. The molecular formula is C22H20F3N3O3. The minimum absolute atomic E-state index is 0.0928. The van der Waals surface area contributed by atoms with Gasteiger partial charge >= 0.3 is 12.1 Å². The summed E-state index contributed by atoms with van der Waals surface area (Å²) >= 11 is 0. The Morgan fingerprint density at radius 2 is 1.97 bits per heavy atom. The number of carbonyl (C=O) groups is 1. The molecule has 1 aliphatic carbocycles. The van der Waals surface area contributed by atoms with Crippen LogP contribution >= 0.6 is 0 Å². The van der Waals surface area contributed by atoms with Crippen molar-refractivity contribution in [3.8, 4) is 28.4 Å². The molecule has 2 aromatic heterocycles. The van der Waals surface area contributed by atoms with Gasteiger partial charge in [0.2, 0.25) is 0 Å². The van der Waals surface area contributed by atoms with E-state index in [1.807, 2.05) is 19.1 Å². The number of hydrogen-bond donors (Lipinski definition) is 2. The molecule has 0 radical (unpaired) electrons. The van der Waals surface area contributed by atoms with Gasteiger partial charge in [0.1, 0.15) is 29.3 Å². The standard InChI is InChI=1S/C22H20F3N3O3/c1-13-9-15(31-12-21(20(29)30)7-2-8-21)4-5-16(13)17-6-3-14(10-26-17)19-27-11-18(28-19)22(23,24)25/h3-6,9-11H,2,7-8,12H2,1H3,(H,27,28)(H,29,30). The highest BCUT2D eigenvalue weighted by atomic mass is 19.4. The number of aryl methyl sites for hydroxylation is 1. The average Bonchev–Trinajstić information content (AvgIpc) is 3.18. The van der Waals surface area contributed by atoms with Gasteiger partial charge in [-0.25, -0.2) is 4.98 Å². The van der Waals surface area contributed by atoms with Gasteiger partial charge in [0.25, 0.3) is 0 Å². The largest absolute Gasteiger partial charge is 0.492 e. The second-order valence-corrected chi connectivity index (χ2v) is 7.78. The number of nitrogens with zero attached hydrogens (tertiary/aromatic N) is 2. The van der Waals surface area contributed by atoms with Crippen LogP contribution in [0.5, 0.6) is 5.75 Å². The second kappa shape index (κ2) is 7.72. The van der Waals surface area contributed by atoms with Crippen LogP contribution < -0.4 is 4.74 Å². The first-order valence-corrected chi connectivity index (χ1v) is 9.74. The zero-order chi connectivity index (χ0) is 22.2. The summed E-state index contributed by atoms with van der Waals surface area (Å²) < 4.78 is 44.0. The van der Waals surface area contributed by atoms with Gasteiger partial charge in [-0.05, 0) is 55.7 Å². The number of carboxylic acids is 1. The van der Waals surface area contributed by atoms with E-state index >= 15 is 0 Å². The molecule has 0 unspecified atom stereocenters. The number of carboxylic acid groups (broad SMARTS) is 1. The molecule has 1 aliphatic rings. The van der Waals surface area contributed by atoms with E-state index in [9.17, 15) is 23.1 Å². The normalized spacial score (nSPS) is 15.4. The van der Waals surface area contributed by atoms with Crippen molar-refractivity contribution in [3.63, 3.8) is 0 Å². The molecule has 2 heterocycles. The molecular weight excluding hydrogens is 411 g/mol. The molecule has 162 valence electrons. The quantitative estimate of drug-likeness (QED) is 0.567. The Morgan fingerprint density at radius 1 is 1.19 bits per heavy atom. The van der Waals surface area contributed by atoms with Crippen molar-refractivity contribution in [2.75, 3.05) is 6.61 Å². The number of rotatable bonds is 6. The maximum atomic E-state index is 12.7. The van der Waals surface area contributed by atoms with Crippen molar-refractivity contribution in [1.82, 2.24) is 15.0 Å². The van der Waals surface area contributed by atoms with Gasteiger partial charge in [0, 0.05) is 17.3 Å². The molecule has 0 atom stereocenters. The molecule has 3 aromatic rings. The molecule has 1 fully saturated rings. The summed E-state index contributed by atoms with van der Waals surface area (Å²) in [7, 11) is 0. The van der Waals surface area contributed by atoms with Gasteiger partial charge in [0.05, 0.1) is 11.9 Å². The van der Waals surface area contributed by atoms with Crippen LogP contribution in [-0.2, 0) is 11.0 Å². The van der Waals surface area contributed by atoms with Crippen LogP contribution in [0.1, 0.15) is 30.5 Å². The van der Waals surface area contributed by atoms with E-state index in [0.29, 0.717) is 29.8 Å². The number of H-pyrrole nitrogens is 1. The van der Waals surface area contributed by atoms with Gasteiger partial charge < -0.3 is 14.8 Å². The molecule has 0 saturated heterocycles. The number of alkyl halides is 3. The van der Waals surface area contributed by atoms with Crippen LogP contribution in [-0.4, -0.2) is 32.6 Å². The number of ether oxygens (including phenoxy) is 1. The van der Waals surface area contributed by atoms with Crippen LogP contribution in [0.3, 0.4) is 0 Å². The number of imidazole rings is 1. The molecule has 9 heteroatoms. The SMILES string of the molecule is Cc1cc(OCC2(C(=O)O)CCC2)ccc1-c1ccc(-c2ncc(C(F)(F)F)[nH]2)cn1. The van der Waals surface area contributed by atoms with Crippen LogP contribution in [0.4, 0.5) is 13.2 Å². The Hall–Kier alpha value is -3.36. The predicted octanol–water partition coefficient (Wildman–Crippen LogP) is 5.10. The number of aromatic nitrogens is 3. The topological polar surface area (TPSA) is 88.1 Å². The molecule has 0 bridgehead atoms. The van der Waals surface area contributed by atoms with Crippen LogP contribution in [0.2, 0.25) is 0 Å². The molecule has 0 aliphatic heterocycles. The van der Waals surface area contributed by atoms with Crippen molar-refractivity contribution in [1.29, 1.82) is 0 Å². The maximum absolute atomic E-state index is 12.7. The predicted molar refractivity (Wildman–Crippen MR) is 106 cm³/mol. The number of aliphatic carboxylic acids is 1. The number of aromatic amines is 1. The maximum Gasteiger partial charge on any atom is 0.432 e. The van der Waals surface area contributed by atoms with E-state index in [1.165, 1.54) is 6.20 Å². The lowest BCUT2D eigenvalue weighted by Gasteiger charge is -2.37. The van der Waals surface area contributed by atoms with E-state index < -0.39 is 23.3 Å². The summed E-state index contributed by atoms with van der Waals surface area (Å²) in [5, 5.41) is 9.40. The van der Waals surface area contributed by atoms with E-state index in [1.54, 1.807) is 18.2 Å². The van der Waals surface area contributed by atoms with E-state index in [2.05, 4.69) is 15.0 Å². The third-order valence-corrected chi connectivity index (χ3v) is 5.67. The van der Waals surface area contributed by atoms with Gasteiger partial charge in [-0.2, -0.15) is 13.2 Å². The van der Waals surface area contributed by atoms with Crippen LogP contribution in [0.25, 0.3) is 22.6 Å². The van der Waals surface area contributed by atoms with E-state index in [-0.39, 0.29) is 12.4 Å². The molecule has 31 heavy (non-hydrogen) atoms. The highest BCUT2D eigenvalue weighted by molar-refractivity contribution is 5.76. The van der Waals surface area contributed by atoms with Crippen LogP contribution in [0.15, 0.2) is 42.7 Å². The first-order chi connectivity index (χ1) is 14.7. The number of hydrogen-bond acceptors (Lipinski definition) is 4. The molecule has 4 rings (SSSR count). The van der Waals surface area contributed by atoms with Crippen molar-refractivity contribution < 1.29 is 27.8 Å². The third-order valence-electron chi connectivity index (χ3n) is 5.67. The first-order valence-electron chi connectivity index (χ1n) is 9.74. The Balaban J connectivity index is 1.48. The summed E-state index contributed by atoms with van der Waals surface area (Å²) in [4.78, 5) is 21.9. The molecule has 0 amide bonds. The molecule has 1 aromatic carbocycles. The van der Waals surface area contributed by atoms with Gasteiger partial charge in [0.15, 0.2) is 0 Å². The minimum Gasteiger partial charge on any atom is -0.492 e. The van der Waals surface area contributed by atoms with Gasteiger partial charge in [-0.3, -0.25) is 9.78 Å². The monoisotopic (exact) mass is 431 g/mol. The lowest BCUT2D eigenvalue weighted by atomic mass is 9.69. The number of pyridine rings is 1. The molecule has 1 saturated carbocycles. The summed E-state index contributed by atoms with van der Waals surface area (Å²) in [6.45, 7) is 2.02. The Morgan fingerprint density at radius 3 is 2.48 bits per heavy atom. The Bertz CT molecular complexity index is 1100. The van der Waals surface area contributed by atoms with Crippen LogP contribution in [0, 0.1) is 12.3 Å². The zero-order valence-electron chi connectivity index (χ0n) is 16.7. The number of benzene rings is 1. The molecule has 0 spiro atoms. The summed E-state index contributed by atoms with van der Waals surface area (Å²) in [5.74, 6) is -0.147. The van der Waals surface area contributed by atoms with Crippen molar-refractivity contribution in [2.24, 2.45) is 5.41 Å². The zero-order valence-corrected chi connectivity index (χ0v) is 16.7. The van der Waals surface area contributed by atoms with E-state index in [0.717, 1.165) is 23.7 Å². The Labute approximate surface area is 176 Å². The fourth-order valence-electron chi connectivity index (χ4n) is 3.56. The van der Waals surface area contributed by atoms with E-state index in [4.69, 9.17) is 4.74 Å². The lowest BCUT2D eigenvalue weighted by molar-refractivity contribution is -0.157. The van der Waals surface area contributed by atoms with Crippen molar-refractivity contribution >= 4 is 5.97 Å². The highest BCUT2D eigenvalue weighted by Crippen LogP contribution is 2.41. The number of nitrogens with one attached hydrogen (secondary N) is 1. The lowest BCUT2D eigenvalue weighted by Crippen LogP contribution is -2.43. The highest BCUT2D eigenvalue weighted by Gasteiger charge is 2.45. The average molecular weight is 431 g/mol. The minimum atomic E-state index is -4.48. The summed E-state index contributed by atoms with van der Waals surface area (Å²) in [6.07, 6.45) is -0.131. The van der Waals surface area contributed by atoms with Crippen molar-refractivity contribution in [2.45, 2.75) is 32.4 Å². The summed E-state index contributed by atoms with van der Waals surface area (Å²) in [5.41, 5.74) is 1.11.